The summed E-state index contributed by atoms with van der Waals surface area (Å²) in [6.07, 6.45) is 3.18. The fourth-order valence-electron chi connectivity index (χ4n) is 1.74. The number of nitrogens with zero attached hydrogens (tertiary/aromatic N) is 2. The van der Waals surface area contributed by atoms with Gasteiger partial charge < -0.3 is 10.7 Å². The molecule has 0 bridgehead atoms. The van der Waals surface area contributed by atoms with Crippen LogP contribution >= 0.6 is 0 Å². The molecular weight excluding hydrogens is 266 g/mol. The number of nitrogens with two attached hydrogens (primary N) is 1. The summed E-state index contributed by atoms with van der Waals surface area (Å²) in [6.45, 7) is 4.57. The molecule has 108 valence electrons. The van der Waals surface area contributed by atoms with Crippen LogP contribution in [0.25, 0.3) is 0 Å². The minimum absolute atomic E-state index is 0.157. The van der Waals surface area contributed by atoms with Gasteiger partial charge in [-0.3, -0.25) is 0 Å². The van der Waals surface area contributed by atoms with Gasteiger partial charge >= 0.3 is 0 Å². The Labute approximate surface area is 113 Å². The summed E-state index contributed by atoms with van der Waals surface area (Å²) in [6, 6.07) is 0. The Hall–Kier alpha value is -1.41. The molecule has 0 spiro atoms. The molecule has 1 aromatic heterocycles. The van der Waals surface area contributed by atoms with Gasteiger partial charge in [0.25, 0.3) is 0 Å². The van der Waals surface area contributed by atoms with Gasteiger partial charge in [-0.15, -0.1) is 0 Å². The molecular formula is C11H21N5O2S. The number of sulfone groups is 1. The summed E-state index contributed by atoms with van der Waals surface area (Å²) in [5.74, 6) is 7.04. The number of nitrogens with one attached hydrogen (secondary N) is 2. The van der Waals surface area contributed by atoms with E-state index < -0.39 is 9.84 Å². The maximum atomic E-state index is 11.0. The average Bonchev–Trinajstić information content (AvgIpc) is 2.32. The van der Waals surface area contributed by atoms with E-state index in [2.05, 4.69) is 20.7 Å². The second kappa shape index (κ2) is 6.67. The number of hydrogen-bond donors (Lipinski definition) is 3. The summed E-state index contributed by atoms with van der Waals surface area (Å²) < 4.78 is 22.1. The zero-order chi connectivity index (χ0) is 14.5. The van der Waals surface area contributed by atoms with Crippen molar-refractivity contribution in [2.24, 2.45) is 5.84 Å². The van der Waals surface area contributed by atoms with Gasteiger partial charge in [-0.1, -0.05) is 13.8 Å². The van der Waals surface area contributed by atoms with Crippen LogP contribution in [0.3, 0.4) is 0 Å². The molecule has 8 heteroatoms. The highest BCUT2D eigenvalue weighted by Gasteiger charge is 2.14. The van der Waals surface area contributed by atoms with Gasteiger partial charge in [0, 0.05) is 18.4 Å². The van der Waals surface area contributed by atoms with Crippen molar-refractivity contribution in [2.45, 2.75) is 26.2 Å². The highest BCUT2D eigenvalue weighted by atomic mass is 32.2. The molecule has 0 unspecified atom stereocenters. The zero-order valence-corrected chi connectivity index (χ0v) is 12.3. The molecule has 7 nitrogen and oxygen atoms in total. The summed E-state index contributed by atoms with van der Waals surface area (Å²) >= 11 is 0. The van der Waals surface area contributed by atoms with Crippen molar-refractivity contribution >= 4 is 21.5 Å². The third kappa shape index (κ3) is 4.99. The number of rotatable bonds is 7. The molecule has 0 radical (unpaired) electrons. The number of anilines is 2. The first-order chi connectivity index (χ1) is 8.85. The Morgan fingerprint density at radius 3 is 2.47 bits per heavy atom. The van der Waals surface area contributed by atoms with E-state index >= 15 is 0 Å². The van der Waals surface area contributed by atoms with Gasteiger partial charge in [-0.05, 0) is 12.3 Å². The van der Waals surface area contributed by atoms with Crippen LogP contribution in [-0.4, -0.2) is 36.9 Å². The van der Waals surface area contributed by atoms with Gasteiger partial charge in [0.1, 0.15) is 27.8 Å². The molecule has 19 heavy (non-hydrogen) atoms. The summed E-state index contributed by atoms with van der Waals surface area (Å²) in [7, 11) is -2.92. The number of hydrazine groups is 1. The van der Waals surface area contributed by atoms with Gasteiger partial charge in [-0.2, -0.15) is 0 Å². The SMILES string of the molecule is CC(C)c1c(NN)ncnc1NCCCS(C)(=O)=O. The van der Waals surface area contributed by atoms with Gasteiger partial charge in [0.15, 0.2) is 0 Å². The van der Waals surface area contributed by atoms with Crippen molar-refractivity contribution < 1.29 is 8.42 Å². The fourth-order valence-corrected chi connectivity index (χ4v) is 2.41. The van der Waals surface area contributed by atoms with E-state index in [1.165, 1.54) is 12.6 Å². The van der Waals surface area contributed by atoms with E-state index in [9.17, 15) is 8.42 Å². The molecule has 0 saturated heterocycles. The molecule has 0 aliphatic rings. The van der Waals surface area contributed by atoms with Crippen molar-refractivity contribution in [1.29, 1.82) is 0 Å². The second-order valence-electron chi connectivity index (χ2n) is 4.69. The van der Waals surface area contributed by atoms with Gasteiger partial charge in [-0.25, -0.2) is 24.2 Å². The molecule has 1 rings (SSSR count). The van der Waals surface area contributed by atoms with Gasteiger partial charge in [0.2, 0.25) is 0 Å². The summed E-state index contributed by atoms with van der Waals surface area (Å²) in [4.78, 5) is 8.24. The third-order valence-corrected chi connectivity index (χ3v) is 3.61. The Morgan fingerprint density at radius 2 is 1.95 bits per heavy atom. The topological polar surface area (TPSA) is 110 Å². The molecule has 4 N–H and O–H groups in total. The lowest BCUT2D eigenvalue weighted by molar-refractivity contribution is 0.600. The smallest absolute Gasteiger partial charge is 0.148 e. The highest BCUT2D eigenvalue weighted by Crippen LogP contribution is 2.27. The lowest BCUT2D eigenvalue weighted by atomic mass is 10.0. The molecule has 0 fully saturated rings. The van der Waals surface area contributed by atoms with E-state index in [4.69, 9.17) is 5.84 Å². The van der Waals surface area contributed by atoms with Crippen molar-refractivity contribution in [3.63, 3.8) is 0 Å². The standard InChI is InChI=1S/C11H21N5O2S/c1-8(2)9-10(14-7-15-11(9)16-12)13-5-4-6-19(3,17)18/h7-8H,4-6,12H2,1-3H3,(H2,13,14,15,16). The lowest BCUT2D eigenvalue weighted by Gasteiger charge is -2.16. The first-order valence-corrected chi connectivity index (χ1v) is 8.14. The number of nitrogen functional groups attached to an aromatic ring is 1. The monoisotopic (exact) mass is 287 g/mol. The third-order valence-electron chi connectivity index (χ3n) is 2.58. The van der Waals surface area contributed by atoms with Crippen LogP contribution in [-0.2, 0) is 9.84 Å². The maximum Gasteiger partial charge on any atom is 0.148 e. The predicted octanol–water partition coefficient (Wildman–Crippen LogP) is 0.732. The van der Waals surface area contributed by atoms with Crippen LogP contribution in [0.15, 0.2) is 6.33 Å². The normalized spacial score (nSPS) is 11.6. The number of hydrogen-bond acceptors (Lipinski definition) is 7. The average molecular weight is 287 g/mol. The Balaban J connectivity index is 2.73. The second-order valence-corrected chi connectivity index (χ2v) is 6.95. The Morgan fingerprint density at radius 1 is 1.32 bits per heavy atom. The van der Waals surface area contributed by atoms with Crippen LogP contribution in [0.4, 0.5) is 11.6 Å². The molecule has 0 aliphatic carbocycles. The molecule has 0 amide bonds. The zero-order valence-electron chi connectivity index (χ0n) is 11.5. The van der Waals surface area contributed by atoms with Crippen molar-refractivity contribution in [2.75, 3.05) is 29.3 Å². The minimum atomic E-state index is -2.92. The number of aromatic nitrogens is 2. The van der Waals surface area contributed by atoms with Crippen molar-refractivity contribution in [1.82, 2.24) is 9.97 Å². The maximum absolute atomic E-state index is 11.0. The fraction of sp³-hybridized carbons (Fsp3) is 0.636. The van der Waals surface area contributed by atoms with Gasteiger partial charge in [0.05, 0.1) is 5.75 Å². The molecule has 1 aromatic rings. The van der Waals surface area contributed by atoms with Crippen molar-refractivity contribution in [3.8, 4) is 0 Å². The van der Waals surface area contributed by atoms with Crippen LogP contribution in [0.2, 0.25) is 0 Å². The molecule has 0 atom stereocenters. The summed E-state index contributed by atoms with van der Waals surface area (Å²) in [5, 5.41) is 3.13. The van der Waals surface area contributed by atoms with Crippen LogP contribution in [0.1, 0.15) is 31.7 Å². The molecule has 0 aliphatic heterocycles. The first-order valence-electron chi connectivity index (χ1n) is 6.08. The molecule has 0 aromatic carbocycles. The first kappa shape index (κ1) is 15.6. The van der Waals surface area contributed by atoms with Crippen LogP contribution in [0, 0.1) is 0 Å². The molecule has 0 saturated carbocycles. The largest absolute Gasteiger partial charge is 0.370 e. The Kier molecular flexibility index (Phi) is 5.49. The lowest BCUT2D eigenvalue weighted by Crippen LogP contribution is -2.16. The van der Waals surface area contributed by atoms with E-state index in [1.807, 2.05) is 13.8 Å². The quantitative estimate of drug-likeness (QED) is 0.385. The van der Waals surface area contributed by atoms with Crippen molar-refractivity contribution in [3.05, 3.63) is 11.9 Å². The van der Waals surface area contributed by atoms with Crippen LogP contribution in [0.5, 0.6) is 0 Å². The molecule has 1 heterocycles. The van der Waals surface area contributed by atoms with Crippen LogP contribution < -0.4 is 16.6 Å². The summed E-state index contributed by atoms with van der Waals surface area (Å²) in [5.41, 5.74) is 3.44. The van der Waals surface area contributed by atoms with E-state index in [0.717, 1.165) is 5.56 Å². The Bertz CT molecular complexity index is 516. The highest BCUT2D eigenvalue weighted by molar-refractivity contribution is 7.90. The van der Waals surface area contributed by atoms with E-state index in [1.54, 1.807) is 0 Å². The predicted molar refractivity (Wildman–Crippen MR) is 76.7 cm³/mol. The van der Waals surface area contributed by atoms with E-state index in [0.29, 0.717) is 24.6 Å². The minimum Gasteiger partial charge on any atom is -0.370 e. The van der Waals surface area contributed by atoms with E-state index in [-0.39, 0.29) is 11.7 Å².